The first-order valence-corrected chi connectivity index (χ1v) is 17.6. The number of allylic oxidation sites excluding steroid dienone is 2. The molecule has 0 aliphatic heterocycles. The van der Waals surface area contributed by atoms with E-state index in [0.29, 0.717) is 0 Å². The van der Waals surface area contributed by atoms with E-state index in [0.717, 1.165) is 0 Å². The summed E-state index contributed by atoms with van der Waals surface area (Å²) in [5, 5.41) is 7.62. The molecule has 0 bridgehead atoms. The fourth-order valence-electron chi connectivity index (χ4n) is 7.57. The summed E-state index contributed by atoms with van der Waals surface area (Å²) in [6.45, 7) is 8.65. The number of rotatable bonds is 6. The van der Waals surface area contributed by atoms with Crippen molar-refractivity contribution < 1.29 is 0 Å². The van der Waals surface area contributed by atoms with E-state index in [-0.39, 0.29) is 0 Å². The summed E-state index contributed by atoms with van der Waals surface area (Å²) in [6.07, 6.45) is 8.74. The van der Waals surface area contributed by atoms with Gasteiger partial charge in [-0.3, -0.25) is 0 Å². The van der Waals surface area contributed by atoms with Gasteiger partial charge in [-0.25, -0.2) is 0 Å². The second-order valence-electron chi connectivity index (χ2n) is 13.3. The third kappa shape index (κ3) is 5.63. The van der Waals surface area contributed by atoms with Crippen molar-refractivity contribution >= 4 is 44.5 Å². The van der Waals surface area contributed by atoms with Crippen molar-refractivity contribution in [1.82, 2.24) is 0 Å². The van der Waals surface area contributed by atoms with Crippen molar-refractivity contribution in [3.05, 3.63) is 180 Å². The van der Waals surface area contributed by atoms with Gasteiger partial charge < -0.3 is 0 Å². The first kappa shape index (κ1) is 31.3. The first-order chi connectivity index (χ1) is 24.5. The molecule has 0 heterocycles. The van der Waals surface area contributed by atoms with E-state index in [1.807, 2.05) is 0 Å². The summed E-state index contributed by atoms with van der Waals surface area (Å²) in [5.74, 6) is 0. The summed E-state index contributed by atoms with van der Waals surface area (Å²) >= 11 is 0. The van der Waals surface area contributed by atoms with Gasteiger partial charge in [0.2, 0.25) is 0 Å². The average Bonchev–Trinajstić information content (AvgIpc) is 3.17. The van der Waals surface area contributed by atoms with Gasteiger partial charge in [-0.15, -0.1) is 0 Å². The minimum absolute atomic E-state index is 1.22. The molecule has 8 aromatic carbocycles. The molecular formula is C50H40. The summed E-state index contributed by atoms with van der Waals surface area (Å²) < 4.78 is 0. The van der Waals surface area contributed by atoms with Crippen LogP contribution < -0.4 is 0 Å². The van der Waals surface area contributed by atoms with Crippen LogP contribution in [0, 0.1) is 13.8 Å². The zero-order chi connectivity index (χ0) is 34.2. The Balaban J connectivity index is 1.19. The average molecular weight is 641 g/mol. The number of hydrogen-bond donors (Lipinski definition) is 0. The highest BCUT2D eigenvalue weighted by atomic mass is 14.2. The van der Waals surface area contributed by atoms with Crippen LogP contribution in [0.4, 0.5) is 0 Å². The smallest absolute Gasteiger partial charge is 0.00988 e. The molecule has 8 rings (SSSR count). The van der Waals surface area contributed by atoms with Crippen LogP contribution in [0.3, 0.4) is 0 Å². The van der Waals surface area contributed by atoms with E-state index < -0.39 is 0 Å². The molecule has 0 saturated heterocycles. The lowest BCUT2D eigenvalue weighted by molar-refractivity contribution is 1.31. The predicted octanol–water partition coefficient (Wildman–Crippen LogP) is 14.5. The van der Waals surface area contributed by atoms with Crippen molar-refractivity contribution in [2.45, 2.75) is 27.7 Å². The van der Waals surface area contributed by atoms with E-state index >= 15 is 0 Å². The highest BCUT2D eigenvalue weighted by Crippen LogP contribution is 2.38. The van der Waals surface area contributed by atoms with Crippen molar-refractivity contribution in [2.24, 2.45) is 0 Å². The lowest BCUT2D eigenvalue weighted by Gasteiger charge is -2.16. The van der Waals surface area contributed by atoms with Gasteiger partial charge in [0, 0.05) is 0 Å². The Bertz CT molecular complexity index is 2630. The third-order valence-electron chi connectivity index (χ3n) is 10.3. The Hall–Kier alpha value is -5.98. The van der Waals surface area contributed by atoms with Gasteiger partial charge >= 0.3 is 0 Å². The van der Waals surface area contributed by atoms with Crippen molar-refractivity contribution in [3.8, 4) is 44.5 Å². The second kappa shape index (κ2) is 13.1. The maximum Gasteiger partial charge on any atom is -0.00988 e. The quantitative estimate of drug-likeness (QED) is 0.159. The molecule has 0 N–H and O–H groups in total. The van der Waals surface area contributed by atoms with Crippen molar-refractivity contribution in [1.29, 1.82) is 0 Å². The molecular weight excluding hydrogens is 601 g/mol. The van der Waals surface area contributed by atoms with Crippen LogP contribution >= 0.6 is 0 Å². The summed E-state index contributed by atoms with van der Waals surface area (Å²) in [6, 6.07) is 53.9. The normalized spacial score (nSPS) is 11.8. The van der Waals surface area contributed by atoms with E-state index in [1.54, 1.807) is 0 Å². The van der Waals surface area contributed by atoms with Gasteiger partial charge in [-0.1, -0.05) is 133 Å². The van der Waals surface area contributed by atoms with Crippen LogP contribution in [0.1, 0.15) is 36.1 Å². The van der Waals surface area contributed by atoms with Crippen molar-refractivity contribution in [2.75, 3.05) is 0 Å². The van der Waals surface area contributed by atoms with E-state index in [9.17, 15) is 0 Å². The molecule has 8 aromatic rings. The lowest BCUT2D eigenvalue weighted by Crippen LogP contribution is -1.95. The molecule has 0 saturated carbocycles. The maximum atomic E-state index is 2.35. The van der Waals surface area contributed by atoms with Crippen LogP contribution in [0.15, 0.2) is 158 Å². The minimum atomic E-state index is 1.22. The molecule has 0 amide bonds. The molecule has 240 valence electrons. The van der Waals surface area contributed by atoms with Gasteiger partial charge in [0.05, 0.1) is 0 Å². The topological polar surface area (TPSA) is 0 Å². The lowest BCUT2D eigenvalue weighted by atomic mass is 9.88. The van der Waals surface area contributed by atoms with Gasteiger partial charge in [0.1, 0.15) is 0 Å². The van der Waals surface area contributed by atoms with Crippen LogP contribution in [-0.4, -0.2) is 0 Å². The van der Waals surface area contributed by atoms with Gasteiger partial charge in [-0.2, -0.15) is 0 Å². The molecule has 0 atom stereocenters. The van der Waals surface area contributed by atoms with Gasteiger partial charge in [-0.05, 0) is 163 Å². The van der Waals surface area contributed by atoms with Crippen LogP contribution in [0.2, 0.25) is 0 Å². The molecule has 0 radical (unpaired) electrons. The molecule has 0 aliphatic carbocycles. The second-order valence-corrected chi connectivity index (χ2v) is 13.3. The monoisotopic (exact) mass is 640 g/mol. The first-order valence-electron chi connectivity index (χ1n) is 17.6. The molecule has 0 nitrogen and oxygen atoms in total. The van der Waals surface area contributed by atoms with E-state index in [4.69, 9.17) is 0 Å². The van der Waals surface area contributed by atoms with Crippen molar-refractivity contribution in [3.63, 3.8) is 0 Å². The standard InChI is InChI=1S/C50H40/c1-5-13-36-31-49(45(14-6-2)34(4)33(36)3)41-18-11-16-37(27-41)39-25-23-35-24-26-40(30-44(35)29-39)38-17-12-19-42(28-38)50-32-43-15-7-8-20-46(43)47-21-9-10-22-48(47)50/h5-32H,1-4H3/b13-5-,14-6-. The van der Waals surface area contributed by atoms with Gasteiger partial charge in [0.15, 0.2) is 0 Å². The zero-order valence-corrected chi connectivity index (χ0v) is 29.2. The molecule has 0 spiro atoms. The van der Waals surface area contributed by atoms with Crippen LogP contribution in [-0.2, 0) is 0 Å². The Kier molecular flexibility index (Phi) is 8.23. The Labute approximate surface area is 295 Å². The maximum absolute atomic E-state index is 2.35. The predicted molar refractivity (Wildman–Crippen MR) is 220 cm³/mol. The molecule has 50 heavy (non-hydrogen) atoms. The molecule has 0 aromatic heterocycles. The number of fused-ring (bicyclic) bond motifs is 4. The molecule has 0 heteroatoms. The van der Waals surface area contributed by atoms with Crippen LogP contribution in [0.25, 0.3) is 89.0 Å². The van der Waals surface area contributed by atoms with Gasteiger partial charge in [0.25, 0.3) is 0 Å². The summed E-state index contributed by atoms with van der Waals surface area (Å²) in [5.41, 5.74) is 15.1. The SMILES string of the molecule is C/C=C\c1cc(-c2cccc(-c3ccc4ccc(-c5cccc(-c6cc7ccccc7c7ccccc67)c5)cc4c3)c2)c(/C=C\C)c(C)c1C. The third-order valence-corrected chi connectivity index (χ3v) is 10.3. The summed E-state index contributed by atoms with van der Waals surface area (Å²) in [7, 11) is 0. The molecule has 0 fully saturated rings. The zero-order valence-electron chi connectivity index (χ0n) is 29.2. The Morgan fingerprint density at radius 1 is 0.360 bits per heavy atom. The van der Waals surface area contributed by atoms with Crippen LogP contribution in [0.5, 0.6) is 0 Å². The Morgan fingerprint density at radius 2 is 0.920 bits per heavy atom. The largest absolute Gasteiger partial charge is 0.0871 e. The fraction of sp³-hybridized carbons (Fsp3) is 0.0800. The minimum Gasteiger partial charge on any atom is -0.0871 e. The van der Waals surface area contributed by atoms with E-state index in [2.05, 4.69) is 198 Å². The fourth-order valence-corrected chi connectivity index (χ4v) is 7.57. The highest BCUT2D eigenvalue weighted by molar-refractivity contribution is 6.14. The van der Waals surface area contributed by atoms with E-state index in [1.165, 1.54) is 99.1 Å². The highest BCUT2D eigenvalue weighted by Gasteiger charge is 2.13. The molecule has 0 unspecified atom stereocenters. The Morgan fingerprint density at radius 3 is 1.58 bits per heavy atom. The summed E-state index contributed by atoms with van der Waals surface area (Å²) in [4.78, 5) is 0. The molecule has 0 aliphatic rings. The number of hydrogen-bond acceptors (Lipinski definition) is 0. The number of benzene rings is 8.